The second-order valence-electron chi connectivity index (χ2n) is 4.95. The molecule has 5 heteroatoms. The molecule has 1 rings (SSSR count). The van der Waals surface area contributed by atoms with Crippen molar-refractivity contribution >= 4 is 12.6 Å². The normalized spacial score (nSPS) is 14.2. The van der Waals surface area contributed by atoms with Crippen LogP contribution >= 0.6 is 12.6 Å². The van der Waals surface area contributed by atoms with E-state index >= 15 is 0 Å². The Balaban J connectivity index is 2.85. The fraction of sp³-hybridized carbons (Fsp3) is 0.800. The predicted octanol–water partition coefficient (Wildman–Crippen LogP) is 1.17. The van der Waals surface area contributed by atoms with Gasteiger partial charge in [0.1, 0.15) is 6.33 Å². The average molecular weight is 229 g/mol. The van der Waals surface area contributed by atoms with Crippen LogP contribution in [0, 0.1) is 11.3 Å². The van der Waals surface area contributed by atoms with E-state index in [0.717, 1.165) is 5.75 Å². The molecule has 1 aromatic heterocycles. The SMILES string of the molecule is Cn1cnn(CC(CS)C(C)(C)C)c1=O. The Bertz CT molecular complexity index is 375. The van der Waals surface area contributed by atoms with E-state index in [9.17, 15) is 4.79 Å². The summed E-state index contributed by atoms with van der Waals surface area (Å²) < 4.78 is 2.99. The number of hydrogen-bond donors (Lipinski definition) is 1. The molecule has 0 aromatic carbocycles. The molecule has 0 saturated heterocycles. The van der Waals surface area contributed by atoms with Gasteiger partial charge in [-0.25, -0.2) is 9.48 Å². The molecule has 15 heavy (non-hydrogen) atoms. The molecule has 0 radical (unpaired) electrons. The Hall–Kier alpha value is -0.710. The molecule has 86 valence electrons. The van der Waals surface area contributed by atoms with Crippen LogP contribution in [0.4, 0.5) is 0 Å². The topological polar surface area (TPSA) is 39.8 Å². The van der Waals surface area contributed by atoms with Crippen molar-refractivity contribution in [2.24, 2.45) is 18.4 Å². The standard InChI is InChI=1S/C10H19N3OS/c1-10(2,3)8(6-15)5-13-9(14)12(4)7-11-13/h7-8,15H,5-6H2,1-4H3. The fourth-order valence-corrected chi connectivity index (χ4v) is 2.02. The zero-order valence-electron chi connectivity index (χ0n) is 9.77. The summed E-state index contributed by atoms with van der Waals surface area (Å²) in [6.07, 6.45) is 1.54. The maximum atomic E-state index is 11.6. The summed E-state index contributed by atoms with van der Waals surface area (Å²) in [6.45, 7) is 7.10. The van der Waals surface area contributed by atoms with Crippen LogP contribution in [-0.4, -0.2) is 20.1 Å². The minimum absolute atomic E-state index is 0.0639. The van der Waals surface area contributed by atoms with E-state index in [4.69, 9.17) is 0 Å². The van der Waals surface area contributed by atoms with Gasteiger partial charge in [-0.1, -0.05) is 20.8 Å². The molecule has 0 amide bonds. The lowest BCUT2D eigenvalue weighted by molar-refractivity contribution is 0.228. The quantitative estimate of drug-likeness (QED) is 0.790. The lowest BCUT2D eigenvalue weighted by atomic mass is 9.82. The maximum Gasteiger partial charge on any atom is 0.345 e. The van der Waals surface area contributed by atoms with Gasteiger partial charge in [-0.2, -0.15) is 17.7 Å². The second-order valence-corrected chi connectivity index (χ2v) is 5.32. The summed E-state index contributed by atoms with van der Waals surface area (Å²) in [5.41, 5.74) is 0.0738. The molecule has 1 atom stereocenters. The molecule has 1 heterocycles. The van der Waals surface area contributed by atoms with Gasteiger partial charge >= 0.3 is 5.69 Å². The Morgan fingerprint density at radius 3 is 2.47 bits per heavy atom. The van der Waals surface area contributed by atoms with E-state index in [1.807, 2.05) is 0 Å². The van der Waals surface area contributed by atoms with Crippen molar-refractivity contribution in [3.05, 3.63) is 16.8 Å². The van der Waals surface area contributed by atoms with Crippen LogP contribution in [0.25, 0.3) is 0 Å². The first-order chi connectivity index (χ1) is 6.86. The van der Waals surface area contributed by atoms with Gasteiger partial charge in [-0.3, -0.25) is 4.57 Å². The first-order valence-corrected chi connectivity index (χ1v) is 5.69. The molecule has 0 saturated carbocycles. The van der Waals surface area contributed by atoms with Crippen LogP contribution in [0.5, 0.6) is 0 Å². The summed E-state index contributed by atoms with van der Waals surface area (Å²) >= 11 is 4.33. The number of aromatic nitrogens is 3. The first kappa shape index (κ1) is 12.4. The van der Waals surface area contributed by atoms with Crippen LogP contribution < -0.4 is 5.69 Å². The number of rotatable bonds is 3. The van der Waals surface area contributed by atoms with Crippen molar-refractivity contribution in [2.75, 3.05) is 5.75 Å². The largest absolute Gasteiger partial charge is 0.345 e. The van der Waals surface area contributed by atoms with Crippen molar-refractivity contribution in [3.63, 3.8) is 0 Å². The molecule has 0 fully saturated rings. The monoisotopic (exact) mass is 229 g/mol. The molecule has 0 aliphatic rings. The van der Waals surface area contributed by atoms with E-state index in [0.29, 0.717) is 12.5 Å². The third-order valence-electron chi connectivity index (χ3n) is 2.73. The van der Waals surface area contributed by atoms with Gasteiger partial charge in [-0.15, -0.1) is 0 Å². The highest BCUT2D eigenvalue weighted by molar-refractivity contribution is 7.80. The van der Waals surface area contributed by atoms with Gasteiger partial charge in [0.25, 0.3) is 0 Å². The molecule has 0 aliphatic heterocycles. The highest BCUT2D eigenvalue weighted by atomic mass is 32.1. The summed E-state index contributed by atoms with van der Waals surface area (Å²) in [7, 11) is 1.71. The third kappa shape index (κ3) is 2.87. The van der Waals surface area contributed by atoms with Gasteiger partial charge in [0, 0.05) is 7.05 Å². The molecule has 0 N–H and O–H groups in total. The van der Waals surface area contributed by atoms with Gasteiger partial charge in [0.15, 0.2) is 0 Å². The van der Waals surface area contributed by atoms with Gasteiger partial charge in [-0.05, 0) is 17.1 Å². The maximum absolute atomic E-state index is 11.6. The lowest BCUT2D eigenvalue weighted by Crippen LogP contribution is -2.32. The van der Waals surface area contributed by atoms with E-state index in [1.54, 1.807) is 13.4 Å². The Morgan fingerprint density at radius 2 is 2.13 bits per heavy atom. The molecule has 4 nitrogen and oxygen atoms in total. The van der Waals surface area contributed by atoms with Crippen molar-refractivity contribution < 1.29 is 0 Å². The first-order valence-electron chi connectivity index (χ1n) is 5.05. The van der Waals surface area contributed by atoms with E-state index < -0.39 is 0 Å². The lowest BCUT2D eigenvalue weighted by Gasteiger charge is -2.28. The van der Waals surface area contributed by atoms with Crippen molar-refractivity contribution in [1.82, 2.24) is 14.3 Å². The molecular weight excluding hydrogens is 210 g/mol. The van der Waals surface area contributed by atoms with Gasteiger partial charge in [0.2, 0.25) is 0 Å². The zero-order valence-corrected chi connectivity index (χ0v) is 10.7. The van der Waals surface area contributed by atoms with Crippen LogP contribution in [-0.2, 0) is 13.6 Å². The van der Waals surface area contributed by atoms with Crippen LogP contribution in [0.2, 0.25) is 0 Å². The zero-order chi connectivity index (χ0) is 11.6. The average Bonchev–Trinajstić information content (AvgIpc) is 2.43. The highest BCUT2D eigenvalue weighted by Gasteiger charge is 2.24. The predicted molar refractivity (Wildman–Crippen MR) is 64.3 cm³/mol. The van der Waals surface area contributed by atoms with Gasteiger partial charge in [0.05, 0.1) is 6.54 Å². The Kier molecular flexibility index (Phi) is 3.65. The summed E-state index contributed by atoms with van der Waals surface area (Å²) in [5.74, 6) is 1.10. The summed E-state index contributed by atoms with van der Waals surface area (Å²) in [6, 6.07) is 0. The molecule has 0 bridgehead atoms. The molecular formula is C10H19N3OS. The number of nitrogens with zero attached hydrogens (tertiary/aromatic N) is 3. The molecule has 1 unspecified atom stereocenters. The van der Waals surface area contributed by atoms with E-state index in [1.165, 1.54) is 9.25 Å². The Morgan fingerprint density at radius 1 is 1.53 bits per heavy atom. The van der Waals surface area contributed by atoms with Crippen molar-refractivity contribution in [1.29, 1.82) is 0 Å². The minimum atomic E-state index is -0.0639. The van der Waals surface area contributed by atoms with Crippen molar-refractivity contribution in [3.8, 4) is 0 Å². The number of thiol groups is 1. The minimum Gasteiger partial charge on any atom is -0.285 e. The van der Waals surface area contributed by atoms with Crippen LogP contribution in [0.3, 0.4) is 0 Å². The number of hydrogen-bond acceptors (Lipinski definition) is 3. The van der Waals surface area contributed by atoms with E-state index in [-0.39, 0.29) is 11.1 Å². The molecule has 1 aromatic rings. The highest BCUT2D eigenvalue weighted by Crippen LogP contribution is 2.27. The number of aryl methyl sites for hydroxylation is 1. The molecule has 0 spiro atoms. The van der Waals surface area contributed by atoms with E-state index in [2.05, 4.69) is 38.5 Å². The third-order valence-corrected chi connectivity index (χ3v) is 3.17. The summed E-state index contributed by atoms with van der Waals surface area (Å²) in [4.78, 5) is 11.6. The Labute approximate surface area is 95.7 Å². The van der Waals surface area contributed by atoms with Gasteiger partial charge < -0.3 is 0 Å². The van der Waals surface area contributed by atoms with Crippen LogP contribution in [0.15, 0.2) is 11.1 Å². The summed E-state index contributed by atoms with van der Waals surface area (Å²) in [5, 5.41) is 4.05. The smallest absolute Gasteiger partial charge is 0.285 e. The molecule has 0 aliphatic carbocycles. The second kappa shape index (κ2) is 4.43. The van der Waals surface area contributed by atoms with Crippen LogP contribution in [0.1, 0.15) is 20.8 Å². The van der Waals surface area contributed by atoms with Crippen molar-refractivity contribution in [2.45, 2.75) is 27.3 Å². The fourth-order valence-electron chi connectivity index (χ4n) is 1.36.